The predicted molar refractivity (Wildman–Crippen MR) is 79.7 cm³/mol. The Morgan fingerprint density at radius 2 is 2.11 bits per heavy atom. The van der Waals surface area contributed by atoms with E-state index in [1.807, 2.05) is 6.07 Å². The van der Waals surface area contributed by atoms with Crippen molar-refractivity contribution in [3.63, 3.8) is 0 Å². The van der Waals surface area contributed by atoms with Crippen molar-refractivity contribution in [3.8, 4) is 0 Å². The average Bonchev–Trinajstić information content (AvgIpc) is 2.24. The van der Waals surface area contributed by atoms with Crippen LogP contribution in [0.3, 0.4) is 0 Å². The molecular weight excluding hydrogens is 244 g/mol. The highest BCUT2D eigenvalue weighted by atomic mass is 35.5. The summed E-state index contributed by atoms with van der Waals surface area (Å²) in [6.07, 6.45) is 1.19. The first-order valence-electron chi connectivity index (χ1n) is 6.70. The molecule has 0 unspecified atom stereocenters. The highest BCUT2D eigenvalue weighted by molar-refractivity contribution is 6.30. The van der Waals surface area contributed by atoms with Crippen LogP contribution >= 0.6 is 11.6 Å². The van der Waals surface area contributed by atoms with E-state index in [0.29, 0.717) is 5.41 Å². The van der Waals surface area contributed by atoms with Gasteiger partial charge in [-0.2, -0.15) is 0 Å². The molecule has 0 aromatic heterocycles. The number of hydrogen-bond acceptors (Lipinski definition) is 2. The van der Waals surface area contributed by atoms with Gasteiger partial charge in [-0.25, -0.2) is 0 Å². The van der Waals surface area contributed by atoms with E-state index in [2.05, 4.69) is 43.1 Å². The molecule has 0 saturated carbocycles. The van der Waals surface area contributed by atoms with E-state index in [4.69, 9.17) is 11.6 Å². The summed E-state index contributed by atoms with van der Waals surface area (Å²) in [4.78, 5) is 2.51. The van der Waals surface area contributed by atoms with Crippen LogP contribution in [0.2, 0.25) is 5.02 Å². The van der Waals surface area contributed by atoms with E-state index in [1.165, 1.54) is 17.7 Å². The summed E-state index contributed by atoms with van der Waals surface area (Å²) in [6.45, 7) is 11.2. The third kappa shape index (κ3) is 3.39. The van der Waals surface area contributed by atoms with Crippen LogP contribution in [-0.4, -0.2) is 26.2 Å². The third-order valence-corrected chi connectivity index (χ3v) is 3.74. The van der Waals surface area contributed by atoms with Gasteiger partial charge in [0.1, 0.15) is 0 Å². The van der Waals surface area contributed by atoms with Crippen LogP contribution in [0.25, 0.3) is 0 Å². The maximum Gasteiger partial charge on any atom is 0.0410 e. The van der Waals surface area contributed by atoms with Gasteiger partial charge in [-0.1, -0.05) is 25.4 Å². The zero-order valence-electron chi connectivity index (χ0n) is 11.6. The fraction of sp³-hybridized carbons (Fsp3) is 0.600. The van der Waals surface area contributed by atoms with Crippen molar-refractivity contribution in [2.75, 3.05) is 31.1 Å². The Kier molecular flexibility index (Phi) is 4.18. The Labute approximate surface area is 115 Å². The van der Waals surface area contributed by atoms with E-state index in [-0.39, 0.29) is 0 Å². The minimum atomic E-state index is 0.298. The topological polar surface area (TPSA) is 15.3 Å². The predicted octanol–water partition coefficient (Wildman–Crippen LogP) is 3.47. The molecule has 0 radical (unpaired) electrons. The first-order valence-corrected chi connectivity index (χ1v) is 7.08. The van der Waals surface area contributed by atoms with Crippen LogP contribution in [0.15, 0.2) is 18.2 Å². The van der Waals surface area contributed by atoms with Gasteiger partial charge in [-0.15, -0.1) is 0 Å². The fourth-order valence-electron chi connectivity index (χ4n) is 2.65. The van der Waals surface area contributed by atoms with Gasteiger partial charge in [0.2, 0.25) is 0 Å². The first-order chi connectivity index (χ1) is 8.48. The lowest BCUT2D eigenvalue weighted by Gasteiger charge is -2.37. The SMILES string of the molecule is Cc1cc(Cl)ccc1N1CCCNCC(C)(C)C1. The second kappa shape index (κ2) is 5.50. The van der Waals surface area contributed by atoms with Crippen molar-refractivity contribution < 1.29 is 0 Å². The van der Waals surface area contributed by atoms with Crippen LogP contribution in [0.1, 0.15) is 25.8 Å². The molecule has 1 fully saturated rings. The molecule has 2 rings (SSSR count). The van der Waals surface area contributed by atoms with Gasteiger partial charge in [-0.05, 0) is 49.1 Å². The Morgan fingerprint density at radius 1 is 1.33 bits per heavy atom. The van der Waals surface area contributed by atoms with E-state index < -0.39 is 0 Å². The van der Waals surface area contributed by atoms with Gasteiger partial charge >= 0.3 is 0 Å². The number of aryl methyl sites for hydroxylation is 1. The van der Waals surface area contributed by atoms with Crippen molar-refractivity contribution in [1.29, 1.82) is 0 Å². The molecule has 1 N–H and O–H groups in total. The summed E-state index contributed by atoms with van der Waals surface area (Å²) in [5.41, 5.74) is 2.90. The molecule has 1 aromatic carbocycles. The minimum absolute atomic E-state index is 0.298. The maximum atomic E-state index is 6.04. The molecule has 1 saturated heterocycles. The molecule has 0 atom stereocenters. The summed E-state index contributed by atoms with van der Waals surface area (Å²) in [5, 5.41) is 4.35. The third-order valence-electron chi connectivity index (χ3n) is 3.50. The van der Waals surface area contributed by atoms with Crippen molar-refractivity contribution in [2.45, 2.75) is 27.2 Å². The van der Waals surface area contributed by atoms with Crippen LogP contribution in [0.5, 0.6) is 0 Å². The average molecular weight is 267 g/mol. The smallest absolute Gasteiger partial charge is 0.0410 e. The lowest BCUT2D eigenvalue weighted by molar-refractivity contribution is 0.325. The molecule has 0 spiro atoms. The Hall–Kier alpha value is -0.730. The Bertz CT molecular complexity index is 415. The highest BCUT2D eigenvalue weighted by Gasteiger charge is 2.24. The molecule has 0 bridgehead atoms. The van der Waals surface area contributed by atoms with Gasteiger partial charge in [0.15, 0.2) is 0 Å². The standard InChI is InChI=1S/C15H23ClN2/c1-12-9-13(16)5-6-14(12)18-8-4-7-17-10-15(2,3)11-18/h5-6,9,17H,4,7-8,10-11H2,1-3H3. The zero-order valence-corrected chi connectivity index (χ0v) is 12.3. The fourth-order valence-corrected chi connectivity index (χ4v) is 2.88. The van der Waals surface area contributed by atoms with Gasteiger partial charge in [0.25, 0.3) is 0 Å². The summed E-state index contributed by atoms with van der Waals surface area (Å²) in [6, 6.07) is 6.21. The van der Waals surface area contributed by atoms with Gasteiger partial charge in [0, 0.05) is 30.3 Å². The second-order valence-corrected chi connectivity index (χ2v) is 6.48. The van der Waals surface area contributed by atoms with Crippen molar-refractivity contribution in [1.82, 2.24) is 5.32 Å². The van der Waals surface area contributed by atoms with E-state index in [1.54, 1.807) is 0 Å². The first kappa shape index (κ1) is 13.7. The number of hydrogen-bond donors (Lipinski definition) is 1. The van der Waals surface area contributed by atoms with Crippen molar-refractivity contribution in [3.05, 3.63) is 28.8 Å². The lowest BCUT2D eigenvalue weighted by atomic mass is 9.91. The summed E-state index contributed by atoms with van der Waals surface area (Å²) >= 11 is 6.04. The molecule has 1 aromatic rings. The second-order valence-electron chi connectivity index (χ2n) is 6.05. The van der Waals surface area contributed by atoms with Crippen LogP contribution in [0.4, 0.5) is 5.69 Å². The number of rotatable bonds is 1. The van der Waals surface area contributed by atoms with Gasteiger partial charge in [0.05, 0.1) is 0 Å². The lowest BCUT2D eigenvalue weighted by Crippen LogP contribution is -2.44. The van der Waals surface area contributed by atoms with E-state index >= 15 is 0 Å². The molecule has 18 heavy (non-hydrogen) atoms. The van der Waals surface area contributed by atoms with Crippen LogP contribution in [-0.2, 0) is 0 Å². The van der Waals surface area contributed by atoms with E-state index in [0.717, 1.165) is 31.2 Å². The summed E-state index contributed by atoms with van der Waals surface area (Å²) in [5.74, 6) is 0. The molecule has 0 aliphatic carbocycles. The maximum absolute atomic E-state index is 6.04. The number of nitrogens with one attached hydrogen (secondary N) is 1. The van der Waals surface area contributed by atoms with Crippen molar-refractivity contribution in [2.24, 2.45) is 5.41 Å². The molecular formula is C15H23ClN2. The molecule has 1 aliphatic heterocycles. The molecule has 1 aliphatic rings. The zero-order chi connectivity index (χ0) is 13.2. The minimum Gasteiger partial charge on any atom is -0.371 e. The highest BCUT2D eigenvalue weighted by Crippen LogP contribution is 2.27. The number of halogens is 1. The van der Waals surface area contributed by atoms with E-state index in [9.17, 15) is 0 Å². The monoisotopic (exact) mass is 266 g/mol. The molecule has 2 nitrogen and oxygen atoms in total. The summed E-state index contributed by atoms with van der Waals surface area (Å²) < 4.78 is 0. The number of nitrogens with zero attached hydrogens (tertiary/aromatic N) is 1. The molecule has 1 heterocycles. The Balaban J connectivity index is 2.23. The van der Waals surface area contributed by atoms with Gasteiger partial charge < -0.3 is 10.2 Å². The van der Waals surface area contributed by atoms with Crippen molar-refractivity contribution >= 4 is 17.3 Å². The number of anilines is 1. The Morgan fingerprint density at radius 3 is 2.83 bits per heavy atom. The van der Waals surface area contributed by atoms with Crippen LogP contribution < -0.4 is 10.2 Å². The molecule has 3 heteroatoms. The van der Waals surface area contributed by atoms with Crippen LogP contribution in [0, 0.1) is 12.3 Å². The molecule has 100 valence electrons. The largest absolute Gasteiger partial charge is 0.371 e. The normalized spacial score (nSPS) is 20.3. The molecule has 0 amide bonds. The quantitative estimate of drug-likeness (QED) is 0.837. The van der Waals surface area contributed by atoms with Gasteiger partial charge in [-0.3, -0.25) is 0 Å². The number of benzene rings is 1. The summed E-state index contributed by atoms with van der Waals surface area (Å²) in [7, 11) is 0.